The SMILES string of the molecule is CI(C)Cc1ccc(-n2c3c(ccc4c3c3ccccc3n4-c3cccc(-c4ccccn4)c3)c3ccc4c(c5ncccc5n4-c4cccc(-c5ccccn5)c4)c32)cc1. The van der Waals surface area contributed by atoms with Crippen molar-refractivity contribution in [3.05, 3.63) is 194 Å². The van der Waals surface area contributed by atoms with E-state index < -0.39 is 19.8 Å². The van der Waals surface area contributed by atoms with Gasteiger partial charge in [-0.05, 0) is 24.3 Å². The number of rotatable bonds is 7. The van der Waals surface area contributed by atoms with Crippen molar-refractivity contribution in [2.75, 3.05) is 9.86 Å². The summed E-state index contributed by atoms with van der Waals surface area (Å²) >= 11 is -0.985. The van der Waals surface area contributed by atoms with Crippen LogP contribution in [0.15, 0.2) is 188 Å². The van der Waals surface area contributed by atoms with E-state index in [9.17, 15) is 0 Å². The van der Waals surface area contributed by atoms with E-state index in [4.69, 9.17) is 9.97 Å². The summed E-state index contributed by atoms with van der Waals surface area (Å²) < 4.78 is 8.52. The first kappa shape index (κ1) is 35.8. The van der Waals surface area contributed by atoms with E-state index in [1.165, 1.54) is 37.1 Å². The molecule has 6 aromatic carbocycles. The Labute approximate surface area is 359 Å². The minimum atomic E-state index is -0.985. The third kappa shape index (κ3) is 5.71. The van der Waals surface area contributed by atoms with Crippen LogP contribution in [0.1, 0.15) is 5.56 Å². The van der Waals surface area contributed by atoms with Crippen molar-refractivity contribution in [1.82, 2.24) is 28.7 Å². The summed E-state index contributed by atoms with van der Waals surface area (Å²) in [4.78, 5) is 19.4. The van der Waals surface area contributed by atoms with Crippen LogP contribution in [0, 0.1) is 0 Å². The Morgan fingerprint density at radius 1 is 0.410 bits per heavy atom. The van der Waals surface area contributed by atoms with Crippen LogP contribution in [0.2, 0.25) is 0 Å². The van der Waals surface area contributed by atoms with Gasteiger partial charge in [-0.15, -0.1) is 0 Å². The number of halogens is 1. The van der Waals surface area contributed by atoms with Gasteiger partial charge in [-0.2, -0.15) is 0 Å². The summed E-state index contributed by atoms with van der Waals surface area (Å²) in [5.74, 6) is 0. The van der Waals surface area contributed by atoms with Crippen LogP contribution in [0.3, 0.4) is 0 Å². The molecule has 0 spiro atoms. The number of benzene rings is 6. The van der Waals surface area contributed by atoms with Crippen LogP contribution in [0.5, 0.6) is 0 Å². The first-order valence-electron chi connectivity index (χ1n) is 20.5. The van der Waals surface area contributed by atoms with Gasteiger partial charge in [0.25, 0.3) is 0 Å². The fraction of sp³-hybridized carbons (Fsp3) is 0.0556. The monoisotopic (exact) mass is 898 g/mol. The maximum absolute atomic E-state index is 5.18. The van der Waals surface area contributed by atoms with E-state index in [0.29, 0.717) is 0 Å². The molecule has 0 unspecified atom stereocenters. The van der Waals surface area contributed by atoms with E-state index in [1.54, 1.807) is 0 Å². The van der Waals surface area contributed by atoms with Gasteiger partial charge in [0.05, 0.1) is 11.4 Å². The van der Waals surface area contributed by atoms with Crippen molar-refractivity contribution in [3.63, 3.8) is 0 Å². The van der Waals surface area contributed by atoms with Crippen molar-refractivity contribution in [3.8, 4) is 39.6 Å². The Hall–Kier alpha value is -7.10. The second-order valence-electron chi connectivity index (χ2n) is 15.8. The van der Waals surface area contributed by atoms with E-state index in [2.05, 4.69) is 168 Å². The zero-order chi connectivity index (χ0) is 40.6. The molecule has 0 fully saturated rings. The number of aromatic nitrogens is 6. The van der Waals surface area contributed by atoms with Crippen LogP contribution in [-0.4, -0.2) is 38.5 Å². The Morgan fingerprint density at radius 2 is 0.984 bits per heavy atom. The fourth-order valence-corrected chi connectivity index (χ4v) is 11.8. The zero-order valence-corrected chi connectivity index (χ0v) is 35.8. The van der Waals surface area contributed by atoms with Crippen molar-refractivity contribution in [1.29, 1.82) is 0 Å². The van der Waals surface area contributed by atoms with Gasteiger partial charge in [-0.1, -0.05) is 36.4 Å². The van der Waals surface area contributed by atoms with Gasteiger partial charge in [0.1, 0.15) is 0 Å². The number of nitrogens with zero attached hydrogens (tertiary/aromatic N) is 6. The molecule has 0 N–H and O–H groups in total. The summed E-state index contributed by atoms with van der Waals surface area (Å²) in [6.45, 7) is 0. The number of para-hydroxylation sites is 1. The molecule has 6 heterocycles. The Balaban J connectivity index is 1.21. The van der Waals surface area contributed by atoms with Crippen LogP contribution in [0.4, 0.5) is 0 Å². The van der Waals surface area contributed by atoms with Gasteiger partial charge in [0, 0.05) is 23.5 Å². The standard InChI is InChI=1S/C54H39IN6/c1-55(2)34-35-21-23-38(24-22-35)61-53-41(25-27-47-50(53)43-16-3-4-19-46(43)59(47)39-14-9-12-36(32-39)44-17-5-7-29-56-44)42-26-28-48-51(54(42)61)52-49(20-11-31-58-52)60(48)40-15-10-13-37(33-40)45-18-6-8-30-57-45/h3-33H,34H2,1-2H3. The molecule has 7 heteroatoms. The summed E-state index contributed by atoms with van der Waals surface area (Å²) in [5.41, 5.74) is 16.6. The Kier molecular flexibility index (Phi) is 8.38. The molecule has 0 aliphatic heterocycles. The predicted molar refractivity (Wildman–Crippen MR) is 263 cm³/mol. The van der Waals surface area contributed by atoms with Gasteiger partial charge >= 0.3 is 256 Å². The molecule has 0 aliphatic rings. The predicted octanol–water partition coefficient (Wildman–Crippen LogP) is 13.8. The second-order valence-corrected chi connectivity index (χ2v) is 21.8. The van der Waals surface area contributed by atoms with E-state index in [0.717, 1.165) is 78.1 Å². The minimum absolute atomic E-state index is 0.946. The third-order valence-corrected chi connectivity index (χ3v) is 14.4. The average Bonchev–Trinajstić information content (AvgIpc) is 3.95. The quantitative estimate of drug-likeness (QED) is 0.118. The molecule has 0 bridgehead atoms. The Morgan fingerprint density at radius 3 is 1.62 bits per heavy atom. The fourth-order valence-electron chi connectivity index (χ4n) is 9.49. The molecule has 6 aromatic heterocycles. The van der Waals surface area contributed by atoms with Gasteiger partial charge in [-0.3, -0.25) is 9.97 Å². The Bertz CT molecular complexity index is 3420. The van der Waals surface area contributed by atoms with Crippen molar-refractivity contribution in [2.24, 2.45) is 0 Å². The number of pyridine rings is 3. The summed E-state index contributed by atoms with van der Waals surface area (Å²) in [5, 5.41) is 5.97. The molecule has 292 valence electrons. The number of hydrogen-bond acceptors (Lipinski definition) is 3. The van der Waals surface area contributed by atoms with Gasteiger partial charge in [0.15, 0.2) is 0 Å². The van der Waals surface area contributed by atoms with Crippen LogP contribution in [0.25, 0.3) is 105 Å². The second kappa shape index (κ2) is 14.3. The van der Waals surface area contributed by atoms with Gasteiger partial charge in [-0.25, -0.2) is 0 Å². The first-order chi connectivity index (χ1) is 30.1. The molecule has 0 atom stereocenters. The summed E-state index contributed by atoms with van der Waals surface area (Å²) in [7, 11) is 0. The van der Waals surface area contributed by atoms with E-state index in [1.807, 2.05) is 48.9 Å². The van der Waals surface area contributed by atoms with Crippen molar-refractivity contribution >= 4 is 85.4 Å². The molecule has 0 aliphatic carbocycles. The van der Waals surface area contributed by atoms with Crippen molar-refractivity contribution < 1.29 is 0 Å². The number of hydrogen-bond donors (Lipinski definition) is 0. The molecule has 0 amide bonds. The third-order valence-electron chi connectivity index (χ3n) is 12.0. The zero-order valence-electron chi connectivity index (χ0n) is 33.7. The van der Waals surface area contributed by atoms with Crippen LogP contribution < -0.4 is 0 Å². The molecule has 61 heavy (non-hydrogen) atoms. The van der Waals surface area contributed by atoms with E-state index in [-0.39, 0.29) is 0 Å². The molecular weight excluding hydrogens is 860 g/mol. The van der Waals surface area contributed by atoms with Crippen LogP contribution in [-0.2, 0) is 4.43 Å². The number of alkyl halides is 3. The van der Waals surface area contributed by atoms with Gasteiger partial charge < -0.3 is 0 Å². The first-order valence-corrected chi connectivity index (χ1v) is 26.3. The molecule has 12 rings (SSSR count). The molecule has 0 saturated carbocycles. The van der Waals surface area contributed by atoms with Crippen molar-refractivity contribution in [2.45, 2.75) is 4.43 Å². The van der Waals surface area contributed by atoms with Gasteiger partial charge in [0.2, 0.25) is 0 Å². The molecular formula is C54H39IN6. The summed E-state index contributed by atoms with van der Waals surface area (Å²) in [6, 6.07) is 61.4. The normalized spacial score (nSPS) is 12.1. The molecule has 6 nitrogen and oxygen atoms in total. The molecule has 0 saturated heterocycles. The molecule has 0 radical (unpaired) electrons. The molecule has 12 aromatic rings. The number of fused-ring (bicyclic) bond motifs is 11. The maximum atomic E-state index is 5.18. The van der Waals surface area contributed by atoms with E-state index >= 15 is 0 Å². The topological polar surface area (TPSA) is 53.5 Å². The van der Waals surface area contributed by atoms with Crippen LogP contribution >= 0.6 is 19.8 Å². The summed E-state index contributed by atoms with van der Waals surface area (Å²) in [6.07, 6.45) is 5.64. The average molecular weight is 899 g/mol.